The van der Waals surface area contributed by atoms with E-state index in [4.69, 9.17) is 5.11 Å². The van der Waals surface area contributed by atoms with E-state index in [1.165, 1.54) is 0 Å². The maximum absolute atomic E-state index is 11.1. The molecule has 0 aliphatic carbocycles. The van der Waals surface area contributed by atoms with Crippen molar-refractivity contribution in [3.05, 3.63) is 23.5 Å². The molecule has 0 aromatic carbocycles. The summed E-state index contributed by atoms with van der Waals surface area (Å²) in [5.41, 5.74) is 3.41. The van der Waals surface area contributed by atoms with Crippen molar-refractivity contribution in [3.63, 3.8) is 0 Å². The number of pyridine rings is 1. The van der Waals surface area contributed by atoms with Crippen molar-refractivity contribution in [2.45, 2.75) is 13.3 Å². The van der Waals surface area contributed by atoms with Gasteiger partial charge in [0, 0.05) is 18.8 Å². The minimum atomic E-state index is -0.934. The summed E-state index contributed by atoms with van der Waals surface area (Å²) in [4.78, 5) is 15.4. The lowest BCUT2D eigenvalue weighted by Gasteiger charge is -2.08. The number of aliphatic carboxylic acids is 1. The Hall–Kier alpha value is -2.48. The molecule has 3 aromatic heterocycles. The summed E-state index contributed by atoms with van der Waals surface area (Å²) < 4.78 is 6.30. The number of carboxylic acids is 1. The van der Waals surface area contributed by atoms with Crippen LogP contribution in [0.2, 0.25) is 0 Å². The number of fused-ring (bicyclic) bond motifs is 1. The lowest BCUT2D eigenvalue weighted by atomic mass is 10.00. The zero-order valence-corrected chi connectivity index (χ0v) is 12.1. The van der Waals surface area contributed by atoms with Crippen LogP contribution in [0.15, 0.2) is 17.0 Å². The third-order valence-electron chi connectivity index (χ3n) is 3.09. The predicted octanol–water partition coefficient (Wildman–Crippen LogP) is 1.38. The van der Waals surface area contributed by atoms with Crippen LogP contribution in [-0.2, 0) is 18.3 Å². The zero-order valence-electron chi connectivity index (χ0n) is 11.3. The molecular weight excluding hydrogens is 298 g/mol. The van der Waals surface area contributed by atoms with Crippen LogP contribution >= 0.6 is 12.4 Å². The van der Waals surface area contributed by atoms with Crippen LogP contribution in [0, 0.1) is 6.92 Å². The molecule has 0 aliphatic rings. The first-order chi connectivity index (χ1) is 9.56. The molecule has 3 heterocycles. The molecule has 0 saturated carbocycles. The number of hydrogen-bond acceptors (Lipinski definition) is 6. The van der Waals surface area contributed by atoms with Crippen LogP contribution in [0.5, 0.6) is 0 Å². The van der Waals surface area contributed by atoms with Gasteiger partial charge in [-0.05, 0) is 28.4 Å². The highest BCUT2D eigenvalue weighted by molar-refractivity contribution is 5.85. The summed E-state index contributed by atoms with van der Waals surface area (Å²) in [5, 5.41) is 20.6. The molecule has 0 aliphatic heterocycles. The van der Waals surface area contributed by atoms with Gasteiger partial charge < -0.3 is 5.11 Å². The number of carbonyl (C=O) groups is 1. The zero-order chi connectivity index (χ0) is 14.3. The summed E-state index contributed by atoms with van der Waals surface area (Å²) in [7, 11) is 1.78. The molecular formula is C12H12ClN5O3. The highest BCUT2D eigenvalue weighted by Gasteiger charge is 2.19. The van der Waals surface area contributed by atoms with Crippen LogP contribution in [0.1, 0.15) is 11.1 Å². The first kappa shape index (κ1) is 14.9. The van der Waals surface area contributed by atoms with E-state index in [1.807, 2.05) is 0 Å². The molecule has 3 rings (SSSR count). The quantitative estimate of drug-likeness (QED) is 0.778. The van der Waals surface area contributed by atoms with Gasteiger partial charge in [-0.2, -0.15) is 5.10 Å². The Kier molecular flexibility index (Phi) is 3.90. The first-order valence-corrected chi connectivity index (χ1v) is 5.89. The van der Waals surface area contributed by atoms with E-state index >= 15 is 0 Å². The summed E-state index contributed by atoms with van der Waals surface area (Å²) in [5.74, 6) is -0.934. The molecule has 0 fully saturated rings. The van der Waals surface area contributed by atoms with Crippen molar-refractivity contribution in [1.82, 2.24) is 25.1 Å². The van der Waals surface area contributed by atoms with Crippen LogP contribution in [0.25, 0.3) is 22.4 Å². The number of halogens is 1. The van der Waals surface area contributed by atoms with E-state index in [-0.39, 0.29) is 18.8 Å². The van der Waals surface area contributed by atoms with E-state index < -0.39 is 5.97 Å². The molecule has 9 heteroatoms. The molecule has 0 spiro atoms. The Bertz CT molecular complexity index is 810. The molecule has 21 heavy (non-hydrogen) atoms. The molecule has 8 nitrogen and oxygen atoms in total. The number of aromatic nitrogens is 5. The van der Waals surface area contributed by atoms with Gasteiger partial charge in [0.15, 0.2) is 5.52 Å². The van der Waals surface area contributed by atoms with Crippen molar-refractivity contribution in [1.29, 1.82) is 0 Å². The van der Waals surface area contributed by atoms with Crippen molar-refractivity contribution >= 4 is 29.5 Å². The van der Waals surface area contributed by atoms with Gasteiger partial charge in [-0.25, -0.2) is 9.61 Å². The molecule has 1 N–H and O–H groups in total. The fourth-order valence-electron chi connectivity index (χ4n) is 2.14. The van der Waals surface area contributed by atoms with E-state index in [2.05, 4.69) is 25.0 Å². The summed E-state index contributed by atoms with van der Waals surface area (Å²) in [6.07, 6.45) is 3.25. The predicted molar refractivity (Wildman–Crippen MR) is 75.1 cm³/mol. The molecule has 110 valence electrons. The van der Waals surface area contributed by atoms with E-state index in [0.717, 1.165) is 5.56 Å². The van der Waals surface area contributed by atoms with Crippen molar-refractivity contribution in [2.24, 2.45) is 7.05 Å². The Morgan fingerprint density at radius 3 is 2.81 bits per heavy atom. The molecule has 0 radical (unpaired) electrons. The Morgan fingerprint density at radius 2 is 2.19 bits per heavy atom. The van der Waals surface area contributed by atoms with E-state index in [9.17, 15) is 4.79 Å². The monoisotopic (exact) mass is 309 g/mol. The number of nitrogens with zero attached hydrogens (tertiary/aromatic N) is 5. The average molecular weight is 310 g/mol. The van der Waals surface area contributed by atoms with Gasteiger partial charge in [-0.1, -0.05) is 0 Å². The minimum absolute atomic E-state index is 0. The third-order valence-corrected chi connectivity index (χ3v) is 3.09. The summed E-state index contributed by atoms with van der Waals surface area (Å²) in [6, 6.07) is 0. The number of carboxylic acid groups (broad SMARTS) is 1. The smallest absolute Gasteiger partial charge is 0.307 e. The topological polar surface area (TPSA) is 107 Å². The maximum atomic E-state index is 11.1. The first-order valence-electron chi connectivity index (χ1n) is 5.89. The van der Waals surface area contributed by atoms with Gasteiger partial charge in [0.1, 0.15) is 0 Å². The lowest BCUT2D eigenvalue weighted by molar-refractivity contribution is -0.136. The number of hydrogen-bond donors (Lipinski definition) is 1. The van der Waals surface area contributed by atoms with Crippen LogP contribution in [0.3, 0.4) is 0 Å². The Balaban J connectivity index is 0.00000161. The van der Waals surface area contributed by atoms with Gasteiger partial charge >= 0.3 is 5.97 Å². The van der Waals surface area contributed by atoms with Crippen LogP contribution in [-0.4, -0.2) is 36.2 Å². The fourth-order valence-corrected chi connectivity index (χ4v) is 2.14. The molecule has 0 saturated heterocycles. The third kappa shape index (κ3) is 2.57. The normalized spacial score (nSPS) is 10.6. The summed E-state index contributed by atoms with van der Waals surface area (Å²) >= 11 is 0. The van der Waals surface area contributed by atoms with Gasteiger partial charge in [0.2, 0.25) is 5.65 Å². The van der Waals surface area contributed by atoms with Gasteiger partial charge in [-0.3, -0.25) is 9.48 Å². The van der Waals surface area contributed by atoms with Gasteiger partial charge in [-0.15, -0.1) is 12.4 Å². The molecule has 0 amide bonds. The molecule has 0 atom stereocenters. The maximum Gasteiger partial charge on any atom is 0.307 e. The SMILES string of the molecule is Cc1c(CC(=O)O)c(-c2cnn(C)c2)nc2nonc12.Cl. The number of rotatable bonds is 3. The molecule has 0 bridgehead atoms. The largest absolute Gasteiger partial charge is 0.481 e. The minimum Gasteiger partial charge on any atom is -0.481 e. The lowest BCUT2D eigenvalue weighted by Crippen LogP contribution is -2.06. The van der Waals surface area contributed by atoms with E-state index in [0.29, 0.717) is 28.0 Å². The molecule has 0 unspecified atom stereocenters. The average Bonchev–Trinajstić information content (AvgIpc) is 3.00. The van der Waals surface area contributed by atoms with Gasteiger partial charge in [0.25, 0.3) is 0 Å². The summed E-state index contributed by atoms with van der Waals surface area (Å²) in [6.45, 7) is 1.78. The highest BCUT2D eigenvalue weighted by Crippen LogP contribution is 2.28. The van der Waals surface area contributed by atoms with Crippen LogP contribution in [0.4, 0.5) is 0 Å². The highest BCUT2D eigenvalue weighted by atomic mass is 35.5. The van der Waals surface area contributed by atoms with Gasteiger partial charge in [0.05, 0.1) is 18.3 Å². The second kappa shape index (κ2) is 5.49. The molecule has 3 aromatic rings. The number of aryl methyl sites for hydroxylation is 2. The van der Waals surface area contributed by atoms with Crippen molar-refractivity contribution in [2.75, 3.05) is 0 Å². The van der Waals surface area contributed by atoms with Crippen molar-refractivity contribution < 1.29 is 14.5 Å². The Labute approximate surface area is 125 Å². The van der Waals surface area contributed by atoms with Crippen LogP contribution < -0.4 is 0 Å². The standard InChI is InChI=1S/C12H11N5O3.ClH/c1-6-8(3-9(18)19)11(7-4-13-17(2)5-7)14-12-10(6)15-20-16-12;/h4-5H,3H2,1-2H3,(H,18,19);1H. The Morgan fingerprint density at radius 1 is 1.43 bits per heavy atom. The van der Waals surface area contributed by atoms with Crippen molar-refractivity contribution in [3.8, 4) is 11.3 Å². The fraction of sp³-hybridized carbons (Fsp3) is 0.250. The second-order valence-electron chi connectivity index (χ2n) is 4.47. The van der Waals surface area contributed by atoms with E-state index in [1.54, 1.807) is 31.0 Å². The second-order valence-corrected chi connectivity index (χ2v) is 4.47.